The van der Waals surface area contributed by atoms with Crippen molar-refractivity contribution in [3.63, 3.8) is 0 Å². The molecule has 2 aromatic carbocycles. The van der Waals surface area contributed by atoms with Gasteiger partial charge in [0.2, 0.25) is 0 Å². The van der Waals surface area contributed by atoms with Gasteiger partial charge in [-0.05, 0) is 141 Å². The predicted molar refractivity (Wildman–Crippen MR) is 223 cm³/mol. The molecule has 1 heteroatoms. The Balaban J connectivity index is 2.47. The van der Waals surface area contributed by atoms with Crippen molar-refractivity contribution in [2.75, 3.05) is 0 Å². The largest absolute Gasteiger partial charge is 0.253 e. The van der Waals surface area contributed by atoms with Crippen LogP contribution in [0.1, 0.15) is 216 Å². The molecule has 0 bridgehead atoms. The van der Waals surface area contributed by atoms with E-state index >= 15 is 0 Å². The molecule has 0 aliphatic rings. The molecule has 0 radical (unpaired) electrons. The Bertz CT molecular complexity index is 1230. The first-order valence-corrected chi connectivity index (χ1v) is 21.5. The SMILES string of the molecule is CCCCCCCCc1cc(C=C(C)C(CC)=Nc2cc(CCCC)c(CCCC)c(CCCCCCCC)c2)cc(CC)c1CCCC. The molecule has 0 saturated heterocycles. The van der Waals surface area contributed by atoms with Gasteiger partial charge in [-0.3, -0.25) is 4.99 Å². The summed E-state index contributed by atoms with van der Waals surface area (Å²) in [5.74, 6) is 0. The second-order valence-electron chi connectivity index (χ2n) is 15.0. The number of nitrogens with zero attached hydrogens (tertiary/aromatic N) is 1. The zero-order valence-corrected chi connectivity index (χ0v) is 34.0. The summed E-state index contributed by atoms with van der Waals surface area (Å²) in [5, 5.41) is 0. The highest BCUT2D eigenvalue weighted by molar-refractivity contribution is 6.04. The molecular formula is C48H79N. The summed E-state index contributed by atoms with van der Waals surface area (Å²) < 4.78 is 0. The van der Waals surface area contributed by atoms with Crippen LogP contribution >= 0.6 is 0 Å². The van der Waals surface area contributed by atoms with E-state index in [9.17, 15) is 0 Å². The molecule has 0 spiro atoms. The molecule has 0 N–H and O–H groups in total. The minimum absolute atomic E-state index is 0.955. The summed E-state index contributed by atoms with van der Waals surface area (Å²) in [4.78, 5) is 5.45. The summed E-state index contributed by atoms with van der Waals surface area (Å²) in [7, 11) is 0. The molecule has 2 rings (SSSR count). The lowest BCUT2D eigenvalue weighted by Gasteiger charge is -2.18. The smallest absolute Gasteiger partial charge is 0.0638 e. The van der Waals surface area contributed by atoms with E-state index in [1.54, 1.807) is 33.4 Å². The maximum Gasteiger partial charge on any atom is 0.0638 e. The number of allylic oxidation sites excluding steroid dienone is 1. The van der Waals surface area contributed by atoms with E-state index in [2.05, 4.69) is 85.7 Å². The lowest BCUT2D eigenvalue weighted by molar-refractivity contribution is 0.605. The molecule has 0 amide bonds. The van der Waals surface area contributed by atoms with Crippen molar-refractivity contribution in [2.45, 2.75) is 216 Å². The second kappa shape index (κ2) is 26.6. The Morgan fingerprint density at radius 1 is 0.469 bits per heavy atom. The third-order valence-corrected chi connectivity index (χ3v) is 10.7. The first kappa shape index (κ1) is 43.0. The fourth-order valence-electron chi connectivity index (χ4n) is 7.58. The third-order valence-electron chi connectivity index (χ3n) is 10.7. The van der Waals surface area contributed by atoms with Gasteiger partial charge in [0, 0.05) is 5.71 Å². The third kappa shape index (κ3) is 16.2. The molecule has 0 aliphatic carbocycles. The van der Waals surface area contributed by atoms with Crippen LogP contribution in [0.4, 0.5) is 5.69 Å². The van der Waals surface area contributed by atoms with Crippen molar-refractivity contribution in [2.24, 2.45) is 4.99 Å². The van der Waals surface area contributed by atoms with E-state index in [1.165, 1.54) is 170 Å². The lowest BCUT2D eigenvalue weighted by Crippen LogP contribution is -2.04. The van der Waals surface area contributed by atoms with Crippen LogP contribution in [0, 0.1) is 0 Å². The standard InChI is InChI=1S/C48H79N/c1-9-16-21-23-25-27-30-42-36-40(35-41(14-6)46(42)32-19-12-4)34-39(8)48(15-7)49-45-37-43(29-18-11-3)47(33-20-13-5)44(38-45)31-28-26-24-22-17-10-2/h34-38H,9-33H2,1-8H3. The fraction of sp³-hybridized carbons (Fsp3) is 0.688. The molecular weight excluding hydrogens is 591 g/mol. The van der Waals surface area contributed by atoms with Gasteiger partial charge < -0.3 is 0 Å². The highest BCUT2D eigenvalue weighted by Gasteiger charge is 2.14. The molecule has 0 aromatic heterocycles. The second-order valence-corrected chi connectivity index (χ2v) is 15.0. The molecule has 0 aliphatic heterocycles. The number of unbranched alkanes of at least 4 members (excludes halogenated alkanes) is 13. The van der Waals surface area contributed by atoms with Gasteiger partial charge in [0.1, 0.15) is 0 Å². The van der Waals surface area contributed by atoms with Crippen LogP contribution in [0.5, 0.6) is 0 Å². The van der Waals surface area contributed by atoms with Crippen LogP contribution in [-0.4, -0.2) is 5.71 Å². The highest BCUT2D eigenvalue weighted by Crippen LogP contribution is 2.30. The first-order chi connectivity index (χ1) is 24.0. The Hall–Kier alpha value is -2.15. The van der Waals surface area contributed by atoms with Gasteiger partial charge in [-0.15, -0.1) is 0 Å². The fourth-order valence-corrected chi connectivity index (χ4v) is 7.58. The van der Waals surface area contributed by atoms with Crippen molar-refractivity contribution in [3.8, 4) is 0 Å². The Labute approximate surface area is 306 Å². The van der Waals surface area contributed by atoms with E-state index in [-0.39, 0.29) is 0 Å². The van der Waals surface area contributed by atoms with Crippen LogP contribution < -0.4 is 0 Å². The number of hydrogen-bond acceptors (Lipinski definition) is 1. The average Bonchev–Trinajstić information content (AvgIpc) is 3.11. The summed E-state index contributed by atoms with van der Waals surface area (Å²) in [5.41, 5.74) is 14.8. The summed E-state index contributed by atoms with van der Waals surface area (Å²) in [6.07, 6.45) is 34.4. The number of rotatable bonds is 28. The zero-order chi connectivity index (χ0) is 35.7. The molecule has 0 saturated carbocycles. The van der Waals surface area contributed by atoms with Crippen LogP contribution in [0.3, 0.4) is 0 Å². The normalized spacial score (nSPS) is 12.3. The number of aryl methyl sites for hydroxylation is 4. The van der Waals surface area contributed by atoms with E-state index in [1.807, 2.05) is 0 Å². The van der Waals surface area contributed by atoms with E-state index in [0.717, 1.165) is 12.8 Å². The number of hydrogen-bond donors (Lipinski definition) is 0. The van der Waals surface area contributed by atoms with E-state index in [4.69, 9.17) is 4.99 Å². The number of aliphatic imine (C=N–C) groups is 1. The first-order valence-electron chi connectivity index (χ1n) is 21.5. The van der Waals surface area contributed by atoms with Crippen molar-refractivity contribution in [1.29, 1.82) is 0 Å². The molecule has 276 valence electrons. The van der Waals surface area contributed by atoms with E-state index in [0.29, 0.717) is 0 Å². The summed E-state index contributed by atoms with van der Waals surface area (Å²) in [6, 6.07) is 9.98. The maximum atomic E-state index is 5.45. The Kier molecular flexibility index (Phi) is 23.4. The molecule has 2 aromatic rings. The summed E-state index contributed by atoms with van der Waals surface area (Å²) in [6.45, 7) is 18.6. The monoisotopic (exact) mass is 670 g/mol. The molecule has 1 nitrogen and oxygen atoms in total. The van der Waals surface area contributed by atoms with Gasteiger partial charge in [0.25, 0.3) is 0 Å². The van der Waals surface area contributed by atoms with Gasteiger partial charge in [-0.25, -0.2) is 0 Å². The Morgan fingerprint density at radius 2 is 0.878 bits per heavy atom. The Morgan fingerprint density at radius 3 is 1.37 bits per heavy atom. The van der Waals surface area contributed by atoms with Crippen LogP contribution in [-0.2, 0) is 38.5 Å². The molecule has 0 fully saturated rings. The van der Waals surface area contributed by atoms with Crippen molar-refractivity contribution < 1.29 is 0 Å². The molecule has 49 heavy (non-hydrogen) atoms. The minimum atomic E-state index is 0.955. The topological polar surface area (TPSA) is 12.4 Å². The average molecular weight is 670 g/mol. The van der Waals surface area contributed by atoms with Gasteiger partial charge in [0.15, 0.2) is 0 Å². The van der Waals surface area contributed by atoms with Gasteiger partial charge in [-0.2, -0.15) is 0 Å². The minimum Gasteiger partial charge on any atom is -0.253 e. The lowest BCUT2D eigenvalue weighted by atomic mass is 9.89. The zero-order valence-electron chi connectivity index (χ0n) is 34.0. The van der Waals surface area contributed by atoms with Crippen molar-refractivity contribution >= 4 is 17.5 Å². The van der Waals surface area contributed by atoms with Crippen molar-refractivity contribution in [3.05, 3.63) is 68.8 Å². The van der Waals surface area contributed by atoms with Crippen molar-refractivity contribution in [1.82, 2.24) is 0 Å². The molecule has 0 unspecified atom stereocenters. The van der Waals surface area contributed by atoms with Gasteiger partial charge in [0.05, 0.1) is 5.69 Å². The van der Waals surface area contributed by atoms with Crippen LogP contribution in [0.15, 0.2) is 34.8 Å². The summed E-state index contributed by atoms with van der Waals surface area (Å²) >= 11 is 0. The van der Waals surface area contributed by atoms with Gasteiger partial charge in [-0.1, -0.05) is 150 Å². The quantitative estimate of drug-likeness (QED) is 0.0631. The number of benzene rings is 2. The van der Waals surface area contributed by atoms with Crippen LogP contribution in [0.25, 0.3) is 6.08 Å². The molecule has 0 heterocycles. The molecule has 0 atom stereocenters. The van der Waals surface area contributed by atoms with Crippen LogP contribution in [0.2, 0.25) is 0 Å². The predicted octanol–water partition coefficient (Wildman–Crippen LogP) is 15.7. The maximum absolute atomic E-state index is 5.45. The van der Waals surface area contributed by atoms with Gasteiger partial charge >= 0.3 is 0 Å². The highest BCUT2D eigenvalue weighted by atomic mass is 14.7. The van der Waals surface area contributed by atoms with E-state index < -0.39 is 0 Å².